The Morgan fingerprint density at radius 1 is 1.29 bits per heavy atom. The lowest BCUT2D eigenvalue weighted by atomic mass is 10.0. The van der Waals surface area contributed by atoms with Crippen molar-refractivity contribution in [3.8, 4) is 5.88 Å². The zero-order chi connectivity index (χ0) is 17.3. The molecule has 2 heterocycles. The van der Waals surface area contributed by atoms with Gasteiger partial charge in [0.1, 0.15) is 12.4 Å². The molecule has 0 radical (unpaired) electrons. The molecule has 0 fully saturated rings. The average molecular weight is 340 g/mol. The number of hydrogen-bond donors (Lipinski definition) is 1. The highest BCUT2D eigenvalue weighted by Gasteiger charge is 2.35. The fourth-order valence-corrected chi connectivity index (χ4v) is 2.57. The molecule has 1 aliphatic heterocycles. The maximum absolute atomic E-state index is 13.8. The van der Waals surface area contributed by atoms with Crippen molar-refractivity contribution >= 4 is 5.91 Å². The standard InChI is InChI=1S/C16H12F4N2O2/c17-12-5-1-4-11(16(18,19)20)10(12)7-14(23)22-13-8-24-15-9(13)3-2-6-21-15/h1-6,13H,7-8H2,(H,22,23). The SMILES string of the molecule is O=C(Cc1c(F)cccc1C(F)(F)F)NC1COc2ncccc21. The van der Waals surface area contributed by atoms with Gasteiger partial charge in [-0.3, -0.25) is 4.79 Å². The number of nitrogens with one attached hydrogen (secondary N) is 1. The van der Waals surface area contributed by atoms with Gasteiger partial charge in [-0.05, 0) is 24.3 Å². The molecule has 1 aromatic carbocycles. The Labute approximate surface area is 134 Å². The highest BCUT2D eigenvalue weighted by Crippen LogP contribution is 2.34. The Bertz CT molecular complexity index is 777. The molecule has 1 atom stereocenters. The molecule has 8 heteroatoms. The zero-order valence-electron chi connectivity index (χ0n) is 12.2. The third kappa shape index (κ3) is 3.17. The van der Waals surface area contributed by atoms with E-state index in [0.717, 1.165) is 18.2 Å². The van der Waals surface area contributed by atoms with Crippen molar-refractivity contribution in [2.24, 2.45) is 0 Å². The smallest absolute Gasteiger partial charge is 0.416 e. The van der Waals surface area contributed by atoms with Crippen LogP contribution >= 0.6 is 0 Å². The molecule has 1 aliphatic rings. The van der Waals surface area contributed by atoms with E-state index in [-0.39, 0.29) is 6.61 Å². The normalized spacial score (nSPS) is 16.4. The third-order valence-electron chi connectivity index (χ3n) is 3.66. The number of aromatic nitrogens is 1. The van der Waals surface area contributed by atoms with Crippen molar-refractivity contribution in [2.45, 2.75) is 18.6 Å². The van der Waals surface area contributed by atoms with Gasteiger partial charge in [-0.1, -0.05) is 6.07 Å². The van der Waals surface area contributed by atoms with Gasteiger partial charge in [0.2, 0.25) is 11.8 Å². The number of carbonyl (C=O) groups is 1. The first-order chi connectivity index (χ1) is 11.4. The van der Waals surface area contributed by atoms with Crippen molar-refractivity contribution in [1.82, 2.24) is 10.3 Å². The van der Waals surface area contributed by atoms with Crippen molar-refractivity contribution in [1.29, 1.82) is 0 Å². The second-order valence-corrected chi connectivity index (χ2v) is 5.27. The van der Waals surface area contributed by atoms with Gasteiger partial charge in [0, 0.05) is 17.3 Å². The summed E-state index contributed by atoms with van der Waals surface area (Å²) in [7, 11) is 0. The van der Waals surface area contributed by atoms with E-state index >= 15 is 0 Å². The molecule has 2 aromatic rings. The maximum atomic E-state index is 13.8. The summed E-state index contributed by atoms with van der Waals surface area (Å²) in [6, 6.07) is 5.45. The molecular formula is C16H12F4N2O2. The average Bonchev–Trinajstić information content (AvgIpc) is 2.91. The van der Waals surface area contributed by atoms with Crippen molar-refractivity contribution in [3.63, 3.8) is 0 Å². The van der Waals surface area contributed by atoms with Crippen LogP contribution in [0.2, 0.25) is 0 Å². The fraction of sp³-hybridized carbons (Fsp3) is 0.250. The molecule has 0 saturated heterocycles. The van der Waals surface area contributed by atoms with Crippen LogP contribution in [0, 0.1) is 5.82 Å². The first-order valence-electron chi connectivity index (χ1n) is 7.08. The number of pyridine rings is 1. The Morgan fingerprint density at radius 3 is 2.83 bits per heavy atom. The van der Waals surface area contributed by atoms with Crippen LogP contribution in [0.15, 0.2) is 36.5 Å². The van der Waals surface area contributed by atoms with Gasteiger partial charge in [-0.25, -0.2) is 9.37 Å². The molecule has 0 bridgehead atoms. The van der Waals surface area contributed by atoms with E-state index in [0.29, 0.717) is 11.4 Å². The largest absolute Gasteiger partial charge is 0.475 e. The van der Waals surface area contributed by atoms with Gasteiger partial charge in [0.05, 0.1) is 18.0 Å². The van der Waals surface area contributed by atoms with E-state index in [1.807, 2.05) is 0 Å². The fourth-order valence-electron chi connectivity index (χ4n) is 2.57. The number of fused-ring (bicyclic) bond motifs is 1. The van der Waals surface area contributed by atoms with Crippen molar-refractivity contribution < 1.29 is 27.1 Å². The summed E-state index contributed by atoms with van der Waals surface area (Å²) in [5.74, 6) is -1.43. The van der Waals surface area contributed by atoms with Gasteiger partial charge >= 0.3 is 6.18 Å². The molecule has 24 heavy (non-hydrogen) atoms. The van der Waals surface area contributed by atoms with E-state index in [4.69, 9.17) is 4.74 Å². The van der Waals surface area contributed by atoms with E-state index in [1.54, 1.807) is 12.1 Å². The van der Waals surface area contributed by atoms with Crippen LogP contribution in [0.5, 0.6) is 5.88 Å². The molecule has 0 aliphatic carbocycles. The first kappa shape index (κ1) is 16.2. The van der Waals surface area contributed by atoms with E-state index < -0.39 is 41.5 Å². The molecule has 1 unspecified atom stereocenters. The number of nitrogens with zero attached hydrogens (tertiary/aromatic N) is 1. The monoisotopic (exact) mass is 340 g/mol. The zero-order valence-corrected chi connectivity index (χ0v) is 12.2. The van der Waals surface area contributed by atoms with E-state index in [9.17, 15) is 22.4 Å². The number of alkyl halides is 3. The summed E-state index contributed by atoms with van der Waals surface area (Å²) in [6.07, 6.45) is -3.92. The Hall–Kier alpha value is -2.64. The topological polar surface area (TPSA) is 51.2 Å². The minimum atomic E-state index is -4.73. The van der Waals surface area contributed by atoms with Gasteiger partial charge < -0.3 is 10.1 Å². The molecule has 1 aromatic heterocycles. The number of hydrogen-bond acceptors (Lipinski definition) is 3. The van der Waals surface area contributed by atoms with E-state index in [2.05, 4.69) is 10.3 Å². The molecule has 4 nitrogen and oxygen atoms in total. The molecule has 3 rings (SSSR count). The van der Waals surface area contributed by atoms with Crippen molar-refractivity contribution in [3.05, 3.63) is 59.0 Å². The van der Waals surface area contributed by atoms with Gasteiger partial charge in [-0.15, -0.1) is 0 Å². The number of amides is 1. The van der Waals surface area contributed by atoms with Crippen LogP contribution in [0.4, 0.5) is 17.6 Å². The Balaban J connectivity index is 1.77. The van der Waals surface area contributed by atoms with Crippen molar-refractivity contribution in [2.75, 3.05) is 6.61 Å². The van der Waals surface area contributed by atoms with Gasteiger partial charge in [0.25, 0.3) is 0 Å². The third-order valence-corrected chi connectivity index (χ3v) is 3.66. The predicted molar refractivity (Wildman–Crippen MR) is 75.7 cm³/mol. The minimum Gasteiger partial charge on any atom is -0.475 e. The summed E-state index contributed by atoms with van der Waals surface area (Å²) in [4.78, 5) is 16.1. The quantitative estimate of drug-likeness (QED) is 0.874. The number of halogens is 4. The van der Waals surface area contributed by atoms with Gasteiger partial charge in [-0.2, -0.15) is 13.2 Å². The molecule has 1 N–H and O–H groups in total. The molecule has 0 spiro atoms. The van der Waals surface area contributed by atoms with E-state index in [1.165, 1.54) is 6.20 Å². The highest BCUT2D eigenvalue weighted by molar-refractivity contribution is 5.79. The lowest BCUT2D eigenvalue weighted by molar-refractivity contribution is -0.138. The van der Waals surface area contributed by atoms with Crippen LogP contribution in [0.1, 0.15) is 22.7 Å². The number of carbonyl (C=O) groups excluding carboxylic acids is 1. The molecular weight excluding hydrogens is 328 g/mol. The lowest BCUT2D eigenvalue weighted by Gasteiger charge is -2.15. The Morgan fingerprint density at radius 2 is 2.08 bits per heavy atom. The van der Waals surface area contributed by atoms with Crippen LogP contribution in [-0.2, 0) is 17.4 Å². The summed E-state index contributed by atoms with van der Waals surface area (Å²) in [5.41, 5.74) is -1.19. The highest BCUT2D eigenvalue weighted by atomic mass is 19.4. The molecule has 126 valence electrons. The summed E-state index contributed by atoms with van der Waals surface area (Å²) in [5, 5.41) is 2.55. The minimum absolute atomic E-state index is 0.126. The van der Waals surface area contributed by atoms with Crippen LogP contribution in [-0.4, -0.2) is 17.5 Å². The first-order valence-corrected chi connectivity index (χ1v) is 7.08. The second-order valence-electron chi connectivity index (χ2n) is 5.27. The number of ether oxygens (including phenoxy) is 1. The number of rotatable bonds is 3. The van der Waals surface area contributed by atoms with Gasteiger partial charge in [0.15, 0.2) is 0 Å². The molecule has 1 amide bonds. The lowest BCUT2D eigenvalue weighted by Crippen LogP contribution is -2.31. The number of benzene rings is 1. The second kappa shape index (κ2) is 6.10. The van der Waals surface area contributed by atoms with Crippen LogP contribution in [0.3, 0.4) is 0 Å². The summed E-state index contributed by atoms with van der Waals surface area (Å²) < 4.78 is 57.9. The summed E-state index contributed by atoms with van der Waals surface area (Å²) in [6.45, 7) is 0.126. The summed E-state index contributed by atoms with van der Waals surface area (Å²) >= 11 is 0. The predicted octanol–water partition coefficient (Wildman–Crippen LogP) is 3.03. The van der Waals surface area contributed by atoms with Crippen LogP contribution < -0.4 is 10.1 Å². The Kier molecular flexibility index (Phi) is 4.13. The van der Waals surface area contributed by atoms with Crippen LogP contribution in [0.25, 0.3) is 0 Å². The maximum Gasteiger partial charge on any atom is 0.416 e. The molecule has 0 saturated carbocycles.